The predicted molar refractivity (Wildman–Crippen MR) is 43.9 cm³/mol. The third-order valence-electron chi connectivity index (χ3n) is 1.49. The second-order valence-electron chi connectivity index (χ2n) is 2.42. The maximum absolute atomic E-state index is 11.0. The van der Waals surface area contributed by atoms with Crippen molar-refractivity contribution >= 4 is 11.8 Å². The lowest BCUT2D eigenvalue weighted by atomic mass is 10.3. The van der Waals surface area contributed by atoms with Crippen molar-refractivity contribution in [3.8, 4) is 0 Å². The highest BCUT2D eigenvalue weighted by Gasteiger charge is 2.32. The molecular formula is C7H9N3O3. The molecule has 1 rings (SSSR count). The van der Waals surface area contributed by atoms with Crippen LogP contribution in [0.5, 0.6) is 0 Å². The highest BCUT2D eigenvalue weighted by atomic mass is 16.3. The fourth-order valence-electron chi connectivity index (χ4n) is 0.933. The number of amides is 2. The first kappa shape index (κ1) is 9.27. The number of imide groups is 1. The molecule has 0 spiro atoms. The summed E-state index contributed by atoms with van der Waals surface area (Å²) in [5.41, 5.74) is -0.232. The maximum Gasteiger partial charge on any atom is 0.295 e. The minimum absolute atomic E-state index is 0.167. The molecule has 0 atom stereocenters. The van der Waals surface area contributed by atoms with Crippen LogP contribution in [0.2, 0.25) is 0 Å². The molecule has 0 fully saturated rings. The molecule has 1 aliphatic rings. The first-order chi connectivity index (χ1) is 6.07. The number of hydrazine groups is 1. The molecule has 2 amide bonds. The number of carbonyl (C=O) groups is 2. The molecule has 70 valence electrons. The van der Waals surface area contributed by atoms with Crippen LogP contribution in [0.3, 0.4) is 0 Å². The average molecular weight is 183 g/mol. The molecule has 0 aliphatic carbocycles. The smallest absolute Gasteiger partial charge is 0.295 e. The Balaban J connectivity index is 2.94. The highest BCUT2D eigenvalue weighted by Crippen LogP contribution is 2.11. The Hall–Kier alpha value is -1.82. The van der Waals surface area contributed by atoms with Gasteiger partial charge in [0.2, 0.25) is 5.76 Å². The van der Waals surface area contributed by atoms with Crippen LogP contribution in [0.15, 0.2) is 24.1 Å². The van der Waals surface area contributed by atoms with Gasteiger partial charge in [0.25, 0.3) is 11.8 Å². The summed E-state index contributed by atoms with van der Waals surface area (Å²) in [6.07, 6.45) is 1.44. The summed E-state index contributed by atoms with van der Waals surface area (Å²) in [6.45, 7) is 3.57. The zero-order chi connectivity index (χ0) is 10.0. The monoisotopic (exact) mass is 183 g/mol. The van der Waals surface area contributed by atoms with E-state index in [9.17, 15) is 9.59 Å². The second kappa shape index (κ2) is 3.28. The zero-order valence-electron chi connectivity index (χ0n) is 6.78. The molecule has 13 heavy (non-hydrogen) atoms. The first-order valence-electron chi connectivity index (χ1n) is 3.50. The topological polar surface area (TPSA) is 95.7 Å². The van der Waals surface area contributed by atoms with Crippen LogP contribution in [-0.4, -0.2) is 28.5 Å². The Kier molecular flexibility index (Phi) is 2.34. The van der Waals surface area contributed by atoms with E-state index in [1.54, 1.807) is 0 Å². The molecule has 0 aromatic carbocycles. The molecule has 0 unspecified atom stereocenters. The third-order valence-corrected chi connectivity index (χ3v) is 1.49. The van der Waals surface area contributed by atoms with E-state index < -0.39 is 17.6 Å². The van der Waals surface area contributed by atoms with Gasteiger partial charge in [-0.15, -0.1) is 6.58 Å². The van der Waals surface area contributed by atoms with Gasteiger partial charge in [0.15, 0.2) is 5.70 Å². The number of hydrogen-bond donors (Lipinski definition) is 3. The second-order valence-corrected chi connectivity index (χ2v) is 2.42. The highest BCUT2D eigenvalue weighted by molar-refractivity contribution is 6.17. The van der Waals surface area contributed by atoms with Crippen molar-refractivity contribution in [1.29, 1.82) is 0 Å². The Morgan fingerprint density at radius 3 is 2.54 bits per heavy atom. The number of nitrogens with two attached hydrogens (primary N) is 1. The van der Waals surface area contributed by atoms with E-state index in [4.69, 9.17) is 10.9 Å². The predicted octanol–water partition coefficient (Wildman–Crippen LogP) is -1.23. The quantitative estimate of drug-likeness (QED) is 0.220. The number of carbonyl (C=O) groups excluding carboxylic acids is 2. The molecular weight excluding hydrogens is 174 g/mol. The summed E-state index contributed by atoms with van der Waals surface area (Å²) in [5.74, 6) is 3.17. The van der Waals surface area contributed by atoms with Crippen molar-refractivity contribution < 1.29 is 14.7 Å². The van der Waals surface area contributed by atoms with Gasteiger partial charge in [-0.3, -0.25) is 19.9 Å². The van der Waals surface area contributed by atoms with Gasteiger partial charge in [0.1, 0.15) is 0 Å². The fraction of sp³-hybridized carbons (Fsp3) is 0.143. The normalized spacial score (nSPS) is 16.1. The largest absolute Gasteiger partial charge is 0.501 e. The van der Waals surface area contributed by atoms with E-state index in [1.807, 2.05) is 5.32 Å². The number of nitrogens with zero attached hydrogens (tertiary/aromatic N) is 1. The van der Waals surface area contributed by atoms with Crippen molar-refractivity contribution in [1.82, 2.24) is 10.3 Å². The van der Waals surface area contributed by atoms with Crippen LogP contribution < -0.4 is 11.2 Å². The molecule has 0 bridgehead atoms. The first-order valence-corrected chi connectivity index (χ1v) is 3.50. The van der Waals surface area contributed by atoms with Crippen LogP contribution in [-0.2, 0) is 9.59 Å². The van der Waals surface area contributed by atoms with E-state index in [0.717, 1.165) is 5.01 Å². The number of rotatable bonds is 3. The average Bonchev–Trinajstić information content (AvgIpc) is 2.27. The number of aliphatic hydroxyl groups is 1. The van der Waals surface area contributed by atoms with Crippen LogP contribution in [0, 0.1) is 0 Å². The number of aliphatic hydroxyl groups excluding tert-OH is 1. The SMILES string of the molecule is C=CCN(N)C1=C(O)C(=O)NC1=O. The molecule has 0 radical (unpaired) electrons. The lowest BCUT2D eigenvalue weighted by Crippen LogP contribution is -2.35. The third kappa shape index (κ3) is 1.52. The molecule has 1 heterocycles. The van der Waals surface area contributed by atoms with Gasteiger partial charge < -0.3 is 5.11 Å². The Morgan fingerprint density at radius 1 is 1.54 bits per heavy atom. The minimum atomic E-state index is -0.834. The van der Waals surface area contributed by atoms with Crippen molar-refractivity contribution in [3.05, 3.63) is 24.1 Å². The van der Waals surface area contributed by atoms with Gasteiger partial charge in [-0.1, -0.05) is 6.08 Å². The van der Waals surface area contributed by atoms with Crippen molar-refractivity contribution in [2.24, 2.45) is 5.84 Å². The van der Waals surface area contributed by atoms with Crippen LogP contribution in [0.25, 0.3) is 0 Å². The Morgan fingerprint density at radius 2 is 2.15 bits per heavy atom. The molecule has 1 aliphatic heterocycles. The summed E-state index contributed by atoms with van der Waals surface area (Å²) in [5, 5.41) is 12.0. The van der Waals surface area contributed by atoms with Crippen molar-refractivity contribution in [2.45, 2.75) is 0 Å². The molecule has 6 nitrogen and oxygen atoms in total. The molecule has 0 saturated heterocycles. The maximum atomic E-state index is 11.0. The van der Waals surface area contributed by atoms with Gasteiger partial charge in [-0.05, 0) is 0 Å². The van der Waals surface area contributed by atoms with Crippen LogP contribution in [0.4, 0.5) is 0 Å². The molecule has 6 heteroatoms. The van der Waals surface area contributed by atoms with E-state index in [1.165, 1.54) is 6.08 Å². The summed E-state index contributed by atoms with van der Waals surface area (Å²) in [6, 6.07) is 0. The van der Waals surface area contributed by atoms with Crippen molar-refractivity contribution in [3.63, 3.8) is 0 Å². The zero-order valence-corrected chi connectivity index (χ0v) is 6.78. The molecule has 4 N–H and O–H groups in total. The van der Waals surface area contributed by atoms with Crippen LogP contribution >= 0.6 is 0 Å². The summed E-state index contributed by atoms with van der Waals surface area (Å²) in [4.78, 5) is 21.8. The Labute approximate surface area is 74.3 Å². The Bertz CT molecular complexity index is 308. The summed E-state index contributed by atoms with van der Waals surface area (Å²) >= 11 is 0. The lowest BCUT2D eigenvalue weighted by molar-refractivity contribution is -0.125. The van der Waals surface area contributed by atoms with Gasteiger partial charge in [0, 0.05) is 0 Å². The molecule has 0 aromatic rings. The standard InChI is InChI=1S/C7H9N3O3/c1-2-3-10(8)4-5(11)7(13)9-6(4)12/h2H,1,3,8H2,(H2,9,11,12,13). The number of nitrogens with one attached hydrogen (secondary N) is 1. The van der Waals surface area contributed by atoms with E-state index in [0.29, 0.717) is 0 Å². The van der Waals surface area contributed by atoms with E-state index in [2.05, 4.69) is 6.58 Å². The lowest BCUT2D eigenvalue weighted by Gasteiger charge is -2.14. The molecule has 0 saturated carbocycles. The fourth-order valence-corrected chi connectivity index (χ4v) is 0.933. The summed E-state index contributed by atoms with van der Waals surface area (Å²) < 4.78 is 0. The van der Waals surface area contributed by atoms with Gasteiger partial charge >= 0.3 is 0 Å². The molecule has 0 aromatic heterocycles. The van der Waals surface area contributed by atoms with E-state index >= 15 is 0 Å². The van der Waals surface area contributed by atoms with Gasteiger partial charge in [-0.25, -0.2) is 5.84 Å². The number of hydrogen-bond acceptors (Lipinski definition) is 5. The summed E-state index contributed by atoms with van der Waals surface area (Å²) in [7, 11) is 0. The van der Waals surface area contributed by atoms with Gasteiger partial charge in [-0.2, -0.15) is 0 Å². The van der Waals surface area contributed by atoms with Crippen LogP contribution in [0.1, 0.15) is 0 Å². The van der Waals surface area contributed by atoms with Crippen molar-refractivity contribution in [2.75, 3.05) is 6.54 Å². The van der Waals surface area contributed by atoms with Gasteiger partial charge in [0.05, 0.1) is 6.54 Å². The minimum Gasteiger partial charge on any atom is -0.501 e. The van der Waals surface area contributed by atoms with E-state index in [-0.39, 0.29) is 12.2 Å².